The minimum Gasteiger partial charge on any atom is -0.0654 e. The summed E-state index contributed by atoms with van der Waals surface area (Å²) in [5, 5.41) is 0. The summed E-state index contributed by atoms with van der Waals surface area (Å²) in [6, 6.07) is 0. The molecule has 0 atom stereocenters. The fraction of sp³-hybridized carbons (Fsp3) is 0.842. The summed E-state index contributed by atoms with van der Waals surface area (Å²) in [7, 11) is 0. The first kappa shape index (κ1) is 42.2. The van der Waals surface area contributed by atoms with Crippen LogP contribution in [0.5, 0.6) is 0 Å². The van der Waals surface area contributed by atoms with Crippen LogP contribution in [0.3, 0.4) is 0 Å². The van der Waals surface area contributed by atoms with Crippen molar-refractivity contribution in [2.45, 2.75) is 194 Å². The Balaban J connectivity index is 3.33. The van der Waals surface area contributed by atoms with E-state index in [0.29, 0.717) is 22.1 Å². The molecule has 0 aliphatic rings. The number of esters is 2. The molecule has 0 spiro atoms. The monoisotopic (exact) mass is 710 g/mol. The summed E-state index contributed by atoms with van der Waals surface area (Å²) in [5.41, 5.74) is 0. The van der Waals surface area contributed by atoms with Crippen LogP contribution in [0.4, 0.5) is 0 Å². The van der Waals surface area contributed by atoms with Crippen molar-refractivity contribution in [3.8, 4) is 0 Å². The fourth-order valence-electron chi connectivity index (χ4n) is 5.13. The predicted octanol–water partition coefficient (Wildman–Crippen LogP) is 11.8. The molecule has 0 N–H and O–H groups in total. The van der Waals surface area contributed by atoms with Gasteiger partial charge in [0, 0.05) is 0 Å². The van der Waals surface area contributed by atoms with E-state index in [0.717, 1.165) is 25.7 Å². The molecule has 0 bridgehead atoms. The third-order valence-electron chi connectivity index (χ3n) is 7.96. The van der Waals surface area contributed by atoms with E-state index in [-0.39, 0.29) is 11.9 Å². The quantitative estimate of drug-likeness (QED) is 0.0289. The number of rotatable bonds is 34. The minimum absolute atomic E-state index is 0.0850. The smallest absolute Gasteiger partial charge is 0.0654 e. The van der Waals surface area contributed by atoms with Crippen LogP contribution in [0, 0.1) is 0 Å². The Morgan fingerprint density at radius 1 is 0.419 bits per heavy atom. The van der Waals surface area contributed by atoms with Crippen molar-refractivity contribution in [3.63, 3.8) is 0 Å². The topological polar surface area (TPSA) is 52.6 Å². The van der Waals surface area contributed by atoms with Gasteiger partial charge < -0.3 is 0 Å². The minimum atomic E-state index is -0.969. The van der Waals surface area contributed by atoms with Crippen molar-refractivity contribution >= 4 is 33.1 Å². The number of allylic oxidation sites excluding steroid dienone is 4. The van der Waals surface area contributed by atoms with Gasteiger partial charge in [-0.1, -0.05) is 78.1 Å². The van der Waals surface area contributed by atoms with Gasteiger partial charge in [0.2, 0.25) is 0 Å². The number of unbranched alkanes of at least 4 members (excludes halogenated alkanes) is 22. The van der Waals surface area contributed by atoms with Gasteiger partial charge in [0.15, 0.2) is 0 Å². The summed E-state index contributed by atoms with van der Waals surface area (Å²) in [6.07, 6.45) is 43.2. The average Bonchev–Trinajstić information content (AvgIpc) is 3.00. The number of hydrogen-bond donors (Lipinski definition) is 0. The van der Waals surface area contributed by atoms with E-state index in [1.54, 1.807) is 0 Å². The molecule has 0 unspecified atom stereocenters. The van der Waals surface area contributed by atoms with Crippen LogP contribution >= 0.6 is 0 Å². The van der Waals surface area contributed by atoms with Crippen molar-refractivity contribution in [2.75, 3.05) is 9.25 Å². The Morgan fingerprint density at radius 3 is 1.02 bits per heavy atom. The van der Waals surface area contributed by atoms with Crippen molar-refractivity contribution in [1.29, 1.82) is 0 Å². The van der Waals surface area contributed by atoms with Crippen molar-refractivity contribution in [1.82, 2.24) is 0 Å². The molecular weight excluding hydrogens is 639 g/mol. The molecule has 0 amide bonds. The first-order valence-corrected chi connectivity index (χ1v) is 22.6. The van der Waals surface area contributed by atoms with Gasteiger partial charge in [0.1, 0.15) is 0 Å². The Kier molecular flexibility index (Phi) is 36.7. The summed E-state index contributed by atoms with van der Waals surface area (Å²) < 4.78 is 11.7. The third kappa shape index (κ3) is 37.3. The van der Waals surface area contributed by atoms with E-state index >= 15 is 0 Å². The van der Waals surface area contributed by atoms with Gasteiger partial charge in [-0.2, -0.15) is 0 Å². The Hall–Kier alpha value is -0.781. The molecule has 0 aromatic rings. The third-order valence-corrected chi connectivity index (χ3v) is 9.94. The average molecular weight is 710 g/mol. The summed E-state index contributed by atoms with van der Waals surface area (Å²) >= 11 is -0.969. The molecule has 0 saturated heterocycles. The van der Waals surface area contributed by atoms with Gasteiger partial charge >= 0.3 is 176 Å². The van der Waals surface area contributed by atoms with Crippen molar-refractivity contribution in [2.24, 2.45) is 0 Å². The molecule has 0 aliphatic carbocycles. The van der Waals surface area contributed by atoms with Crippen LogP contribution in [0.15, 0.2) is 24.3 Å². The van der Waals surface area contributed by atoms with E-state index in [2.05, 4.69) is 38.2 Å². The van der Waals surface area contributed by atoms with Crippen LogP contribution in [0.2, 0.25) is 0 Å². The molecule has 43 heavy (non-hydrogen) atoms. The van der Waals surface area contributed by atoms with Gasteiger partial charge in [-0.05, 0) is 25.7 Å². The second-order valence-corrected chi connectivity index (χ2v) is 15.3. The molecule has 0 heterocycles. The molecule has 0 fully saturated rings. The second-order valence-electron chi connectivity index (χ2n) is 12.2. The van der Waals surface area contributed by atoms with Crippen LogP contribution < -0.4 is 0 Å². The SMILES string of the molecule is CCCCCCCC/C=C\CCCCCCCC(=O)O[CH2][Sn][CH2]OC(=O)CCCCCCC/C=C\CCCCCCCC. The molecular formula is C38H70O4Sn. The molecule has 0 aromatic carbocycles. The van der Waals surface area contributed by atoms with E-state index in [9.17, 15) is 9.59 Å². The molecule has 0 rings (SSSR count). The maximum absolute atomic E-state index is 11.9. The zero-order valence-corrected chi connectivity index (χ0v) is 31.5. The summed E-state index contributed by atoms with van der Waals surface area (Å²) in [5.74, 6) is -0.170. The van der Waals surface area contributed by atoms with E-state index in [4.69, 9.17) is 9.47 Å². The molecule has 0 saturated carbocycles. The Bertz CT molecular complexity index is 592. The molecule has 250 valence electrons. The number of hydrogen-bond acceptors (Lipinski definition) is 4. The number of ether oxygens (including phenoxy) is 2. The first-order chi connectivity index (χ1) is 21.2. The van der Waals surface area contributed by atoms with Crippen molar-refractivity contribution < 1.29 is 19.1 Å². The Morgan fingerprint density at radius 2 is 0.698 bits per heavy atom. The first-order valence-electron chi connectivity index (χ1n) is 18.5. The summed E-state index contributed by atoms with van der Waals surface area (Å²) in [4.78, 5) is 23.9. The van der Waals surface area contributed by atoms with E-state index in [1.807, 2.05) is 0 Å². The van der Waals surface area contributed by atoms with Crippen LogP contribution in [0.1, 0.15) is 194 Å². The van der Waals surface area contributed by atoms with Crippen molar-refractivity contribution in [3.05, 3.63) is 24.3 Å². The standard InChI is InChI=1S/2C19H35O2.Sn/c2*1-3-4-5-6-7-8-9-10-11-12-13-14-15-16-17-18-19(20)21-2;/h2*10-11H,2-9,12-18H2,1H3;/b2*11-10-;. The van der Waals surface area contributed by atoms with Crippen LogP contribution in [0.25, 0.3) is 0 Å². The fourth-order valence-corrected chi connectivity index (χ4v) is 6.87. The molecule has 0 aliphatic heterocycles. The van der Waals surface area contributed by atoms with Gasteiger partial charge in [-0.25, -0.2) is 0 Å². The number of carbonyl (C=O) groups is 2. The maximum atomic E-state index is 11.9. The second kappa shape index (κ2) is 37.4. The van der Waals surface area contributed by atoms with Gasteiger partial charge in [0.05, 0.1) is 0 Å². The van der Waals surface area contributed by atoms with Gasteiger partial charge in [-0.15, -0.1) is 0 Å². The van der Waals surface area contributed by atoms with Crippen LogP contribution in [-0.2, 0) is 19.1 Å². The zero-order chi connectivity index (χ0) is 31.3. The van der Waals surface area contributed by atoms with Gasteiger partial charge in [0.25, 0.3) is 0 Å². The number of carbonyl (C=O) groups excluding carboxylic acids is 2. The molecule has 0 aromatic heterocycles. The molecule has 5 heteroatoms. The van der Waals surface area contributed by atoms with E-state index < -0.39 is 21.1 Å². The summed E-state index contributed by atoms with van der Waals surface area (Å²) in [6.45, 7) is 4.54. The van der Waals surface area contributed by atoms with E-state index in [1.165, 1.54) is 141 Å². The molecule has 2 radical (unpaired) electrons. The molecule has 4 nitrogen and oxygen atoms in total. The Labute approximate surface area is 278 Å². The normalized spacial score (nSPS) is 11.6. The zero-order valence-electron chi connectivity index (χ0n) is 28.7. The van der Waals surface area contributed by atoms with Gasteiger partial charge in [-0.3, -0.25) is 0 Å². The van der Waals surface area contributed by atoms with Crippen LogP contribution in [-0.4, -0.2) is 42.3 Å². The predicted molar refractivity (Wildman–Crippen MR) is 187 cm³/mol.